The van der Waals surface area contributed by atoms with Crippen molar-refractivity contribution in [3.63, 3.8) is 0 Å². The van der Waals surface area contributed by atoms with Crippen LogP contribution in [0.5, 0.6) is 5.75 Å². The van der Waals surface area contributed by atoms with Crippen LogP contribution in [-0.4, -0.2) is 224 Å². The van der Waals surface area contributed by atoms with E-state index >= 15 is 19.2 Å². The second-order valence-electron chi connectivity index (χ2n) is 27.0. The molecule has 0 spiro atoms. The van der Waals surface area contributed by atoms with E-state index in [0.717, 1.165) is 25.6 Å². The number of aliphatic carboxylic acids is 1. The second kappa shape index (κ2) is 42.7. The minimum Gasteiger partial charge on any atom is -0.497 e. The van der Waals surface area contributed by atoms with E-state index in [4.69, 9.17) is 33.4 Å². The first-order valence-electron chi connectivity index (χ1n) is 35.7. The molecule has 2 aromatic heterocycles. The van der Waals surface area contributed by atoms with Crippen LogP contribution >= 0.6 is 11.8 Å². The molecular formula is C72H97N19O20S. The first-order valence-corrected chi connectivity index (χ1v) is 36.9. The number of carbonyl (C=O) groups is 17. The fraction of sp³-hybridized carbons (Fsp3) is 0.458. The lowest BCUT2D eigenvalue weighted by Crippen LogP contribution is -2.64. The van der Waals surface area contributed by atoms with Crippen LogP contribution in [0.4, 0.5) is 0 Å². The van der Waals surface area contributed by atoms with Crippen LogP contribution in [-0.2, 0) is 101 Å². The van der Waals surface area contributed by atoms with E-state index < -0.39 is 230 Å². The van der Waals surface area contributed by atoms with Gasteiger partial charge in [0.1, 0.15) is 71.7 Å². The fourth-order valence-corrected chi connectivity index (χ4v) is 13.1. The number of aliphatic hydroxyl groups excluding tert-OH is 1. The molecule has 12 atom stereocenters. The number of hydrogen-bond donors (Lipinski definition) is 21. The molecule has 6 rings (SSSR count). The van der Waals surface area contributed by atoms with Gasteiger partial charge in [0, 0.05) is 85.4 Å². The number of ether oxygens (including phenoxy) is 1. The quantitative estimate of drug-likeness (QED) is 0.0178. The highest BCUT2D eigenvalue weighted by Crippen LogP contribution is 2.24. The molecular weight excluding hydrogens is 1480 g/mol. The normalized spacial score (nSPS) is 19.2. The number of H-pyrrole nitrogens is 2. The number of nitrogens with two attached hydrogens (primary N) is 5. The number of aliphatic hydroxyl groups is 1. The highest BCUT2D eigenvalue weighted by Gasteiger charge is 2.42. The summed E-state index contributed by atoms with van der Waals surface area (Å²) in [5, 5.41) is 52.0. The van der Waals surface area contributed by atoms with Crippen molar-refractivity contribution in [1.29, 1.82) is 0 Å². The molecule has 112 heavy (non-hydrogen) atoms. The third-order valence-corrected chi connectivity index (χ3v) is 19.2. The molecule has 1 aliphatic rings. The standard InChI is InChI=1S/C72H97N19O20S/c1-36(92)60-70(109)87-51(29-39-32-78-44-12-7-5-10-42(39)44)67(106)83-46(18-21-55(74)94)62(101)88-54(35-112-27-24-49(81-37(2)93)64(103)82-47(65(104)90-60)19-22-56(75)95)68(107)84-50(28-38-14-16-41(111-4)17-15-38)66(105)85-52(30-40-33-79-45-13-8-6-11-43(40)45)69(108)91-72(3,25-9-26-73)71(110)89-48(20-23-59(98)99)63(102)86-53(31-57(76)96)61(100)80-34-58(77)97/h5-8,10-17,32-33,36,46-54,60,78-79,92H,9,18-31,34-35,73H2,1-4H3,(H2,74,94)(H2,75,95)(H2,76,96)(H2,77,97)(H,80,100)(H,81,93)(H,82,103)(H,83,106)(H,84,107)(H,85,105)(H,86,102)(H,87,109)(H,88,101)(H,89,110)(H,90,104)(H,91,108)(H,98,99)/t36-,46+,47+,48+,49+,50+,51+,52+,53+,54+,60+,72+/m1/s1. The van der Waals surface area contributed by atoms with Crippen molar-refractivity contribution < 1.29 is 96.5 Å². The van der Waals surface area contributed by atoms with Crippen LogP contribution in [0, 0.1) is 0 Å². The van der Waals surface area contributed by atoms with Crippen LogP contribution in [0.3, 0.4) is 0 Å². The van der Waals surface area contributed by atoms with E-state index in [1.54, 1.807) is 85.2 Å². The van der Waals surface area contributed by atoms with Crippen molar-refractivity contribution in [2.75, 3.05) is 31.7 Å². The van der Waals surface area contributed by atoms with Crippen LogP contribution in [0.1, 0.15) is 102 Å². The van der Waals surface area contributed by atoms with E-state index in [0.29, 0.717) is 44.2 Å². The number of primary amides is 4. The van der Waals surface area contributed by atoms with Crippen LogP contribution in [0.25, 0.3) is 21.8 Å². The van der Waals surface area contributed by atoms with Gasteiger partial charge in [0.25, 0.3) is 0 Å². The Labute approximate surface area is 645 Å². The Balaban J connectivity index is 1.44. The fourth-order valence-electron chi connectivity index (χ4n) is 12.0. The van der Waals surface area contributed by atoms with Gasteiger partial charge in [0.2, 0.25) is 94.5 Å². The Kier molecular flexibility index (Phi) is 33.8. The molecule has 5 aromatic rings. The van der Waals surface area contributed by atoms with Gasteiger partial charge in [-0.2, -0.15) is 11.8 Å². The molecule has 3 aromatic carbocycles. The number of aromatic nitrogens is 2. The first-order chi connectivity index (χ1) is 53.1. The van der Waals surface area contributed by atoms with Gasteiger partial charge in [0.15, 0.2) is 0 Å². The molecule has 0 bridgehead atoms. The van der Waals surface area contributed by atoms with Crippen LogP contribution in [0.2, 0.25) is 0 Å². The summed E-state index contributed by atoms with van der Waals surface area (Å²) in [4.78, 5) is 241. The van der Waals surface area contributed by atoms with E-state index in [1.807, 2.05) is 0 Å². The summed E-state index contributed by atoms with van der Waals surface area (Å²) in [6.07, 6.45) is -4.55. The molecule has 39 nitrogen and oxygen atoms in total. The predicted molar refractivity (Wildman–Crippen MR) is 404 cm³/mol. The Morgan fingerprint density at radius 1 is 0.616 bits per heavy atom. The van der Waals surface area contributed by atoms with Crippen molar-refractivity contribution in [1.82, 2.24) is 73.8 Å². The summed E-state index contributed by atoms with van der Waals surface area (Å²) >= 11 is 0.915. The first kappa shape index (κ1) is 88.7. The second-order valence-corrected chi connectivity index (χ2v) is 28.1. The molecule has 1 saturated heterocycles. The number of benzene rings is 3. The molecule has 1 aliphatic heterocycles. The van der Waals surface area contributed by atoms with E-state index in [2.05, 4.69) is 73.8 Å². The molecule has 40 heteroatoms. The molecule has 606 valence electrons. The van der Waals surface area contributed by atoms with Crippen molar-refractivity contribution in [3.8, 4) is 5.75 Å². The highest BCUT2D eigenvalue weighted by molar-refractivity contribution is 7.99. The maximum Gasteiger partial charge on any atom is 0.303 e. The maximum atomic E-state index is 15.5. The molecule has 0 radical (unpaired) electrons. The Hall–Kier alpha value is -12.2. The number of amides is 16. The number of thioether (sulfide) groups is 1. The summed E-state index contributed by atoms with van der Waals surface area (Å²) in [7, 11) is 1.40. The number of methoxy groups -OCH3 is 1. The number of carboxylic acids is 1. The van der Waals surface area contributed by atoms with Gasteiger partial charge in [0.05, 0.1) is 26.2 Å². The number of carbonyl (C=O) groups excluding carboxylic acids is 16. The third-order valence-electron chi connectivity index (χ3n) is 18.1. The summed E-state index contributed by atoms with van der Waals surface area (Å²) in [5.74, 6) is -18.5. The summed E-state index contributed by atoms with van der Waals surface area (Å²) in [6, 6.07) is 2.65. The molecule has 0 unspecified atom stereocenters. The molecule has 3 heterocycles. The highest BCUT2D eigenvalue weighted by atomic mass is 32.2. The average Bonchev–Trinajstić information content (AvgIpc) is 1.48. The zero-order chi connectivity index (χ0) is 82.5. The Morgan fingerprint density at radius 3 is 1.74 bits per heavy atom. The average molecular weight is 1580 g/mol. The molecule has 16 amide bonds. The van der Waals surface area contributed by atoms with Crippen molar-refractivity contribution in [3.05, 3.63) is 102 Å². The molecule has 1 fully saturated rings. The lowest BCUT2D eigenvalue weighted by molar-refractivity contribution is -0.140. The van der Waals surface area contributed by atoms with Gasteiger partial charge in [-0.3, -0.25) is 81.5 Å². The van der Waals surface area contributed by atoms with Crippen LogP contribution < -0.4 is 97.2 Å². The SMILES string of the molecule is COc1ccc(C[C@H](NC(=O)[C@@H]2CSCC[C@H](NC(C)=O)C(=O)N[C@@H](CCC(N)=O)C(=O)N[C@@H]([C@@H](C)O)C(=O)N[C@@H](Cc3c[nH]c4ccccc34)C(=O)N[C@@H](CCC(N)=O)C(=O)N2)C(=O)N[C@@H](Cc2c[nH]c3ccccc23)C(=O)N[C@@](C)(CCCN)C(=O)N[C@@H](CCC(=O)O)C(=O)N[C@@H](CC(N)=O)C(=O)NCC(N)=O)cc1. The third kappa shape index (κ3) is 27.4. The van der Waals surface area contributed by atoms with E-state index in [1.165, 1.54) is 14.0 Å². The van der Waals surface area contributed by atoms with Gasteiger partial charge in [-0.1, -0.05) is 48.5 Å². The minimum atomic E-state index is -2.11. The summed E-state index contributed by atoms with van der Waals surface area (Å²) < 4.78 is 5.38. The lowest BCUT2D eigenvalue weighted by atomic mass is 9.92. The maximum absolute atomic E-state index is 15.5. The Morgan fingerprint density at radius 2 is 1.17 bits per heavy atom. The van der Waals surface area contributed by atoms with Gasteiger partial charge < -0.3 is 117 Å². The number of para-hydroxylation sites is 2. The minimum absolute atomic E-state index is 0.00173. The largest absolute Gasteiger partial charge is 0.497 e. The molecule has 0 saturated carbocycles. The van der Waals surface area contributed by atoms with Crippen molar-refractivity contribution in [2.24, 2.45) is 28.7 Å². The number of carboxylic acid groups (broad SMARTS) is 1. The summed E-state index contributed by atoms with van der Waals surface area (Å²) in [6.45, 7) is 2.66. The van der Waals surface area contributed by atoms with E-state index in [-0.39, 0.29) is 50.8 Å². The van der Waals surface area contributed by atoms with Gasteiger partial charge in [-0.05, 0) is 106 Å². The zero-order valence-corrected chi connectivity index (χ0v) is 62.8. The molecule has 0 aliphatic carbocycles. The van der Waals surface area contributed by atoms with Crippen LogP contribution in [0.15, 0.2) is 85.2 Å². The molecule has 26 N–H and O–H groups in total. The number of nitrogens with one attached hydrogen (secondary N) is 14. The summed E-state index contributed by atoms with van der Waals surface area (Å²) in [5.41, 5.74) is 27.9. The smallest absolute Gasteiger partial charge is 0.303 e. The number of rotatable bonds is 36. The number of fused-ring (bicyclic) bond motifs is 2. The van der Waals surface area contributed by atoms with E-state index in [9.17, 15) is 72.5 Å². The number of hydrogen-bond acceptors (Lipinski definition) is 21. The van der Waals surface area contributed by atoms with Crippen molar-refractivity contribution >= 4 is 134 Å². The lowest BCUT2D eigenvalue weighted by Gasteiger charge is -2.33. The number of aromatic amines is 2. The zero-order valence-electron chi connectivity index (χ0n) is 62.0. The predicted octanol–water partition coefficient (Wildman–Crippen LogP) is -5.44. The monoisotopic (exact) mass is 1580 g/mol. The van der Waals surface area contributed by atoms with Crippen molar-refractivity contribution in [2.45, 2.75) is 176 Å². The Bertz CT molecular complexity index is 4270. The van der Waals surface area contributed by atoms with Gasteiger partial charge >= 0.3 is 5.97 Å². The van der Waals surface area contributed by atoms with Gasteiger partial charge in [-0.15, -0.1) is 0 Å². The topological polar surface area (TPSA) is 646 Å². The van der Waals surface area contributed by atoms with Gasteiger partial charge in [-0.25, -0.2) is 0 Å².